The van der Waals surface area contributed by atoms with Crippen LogP contribution in [0.15, 0.2) is 36.8 Å². The molecule has 0 fully saturated rings. The van der Waals surface area contributed by atoms with Gasteiger partial charge in [0.05, 0.1) is 16.6 Å². The number of hydrogen-bond donors (Lipinski definition) is 2. The third-order valence-electron chi connectivity index (χ3n) is 2.67. The van der Waals surface area contributed by atoms with Crippen molar-refractivity contribution >= 4 is 23.3 Å². The fourth-order valence-electron chi connectivity index (χ4n) is 1.64. The molecule has 0 saturated carbocycles. The van der Waals surface area contributed by atoms with Gasteiger partial charge in [-0.2, -0.15) is 0 Å². The molecule has 5 nitrogen and oxygen atoms in total. The normalized spacial score (nSPS) is 11.9. The van der Waals surface area contributed by atoms with Gasteiger partial charge in [0, 0.05) is 18.6 Å². The SMILES string of the molecule is CC(NC(=O)c1cc(N)ncc1Cl)c1ccncc1. The fraction of sp³-hybridized carbons (Fsp3) is 0.154. The molecule has 2 heterocycles. The second-order valence-electron chi connectivity index (χ2n) is 4.06. The van der Waals surface area contributed by atoms with E-state index in [4.69, 9.17) is 17.3 Å². The van der Waals surface area contributed by atoms with E-state index < -0.39 is 0 Å². The average molecular weight is 277 g/mol. The highest BCUT2D eigenvalue weighted by atomic mass is 35.5. The number of amides is 1. The number of rotatable bonds is 3. The zero-order chi connectivity index (χ0) is 13.8. The lowest BCUT2D eigenvalue weighted by atomic mass is 10.1. The van der Waals surface area contributed by atoms with E-state index in [-0.39, 0.29) is 22.8 Å². The molecule has 0 bridgehead atoms. The zero-order valence-electron chi connectivity index (χ0n) is 10.3. The first-order valence-electron chi connectivity index (χ1n) is 5.69. The highest BCUT2D eigenvalue weighted by Crippen LogP contribution is 2.18. The van der Waals surface area contributed by atoms with Gasteiger partial charge in [0.15, 0.2) is 0 Å². The summed E-state index contributed by atoms with van der Waals surface area (Å²) in [5.41, 5.74) is 6.82. The smallest absolute Gasteiger partial charge is 0.253 e. The predicted molar refractivity (Wildman–Crippen MR) is 73.8 cm³/mol. The molecule has 98 valence electrons. The van der Waals surface area contributed by atoms with E-state index in [2.05, 4.69) is 15.3 Å². The van der Waals surface area contributed by atoms with Crippen molar-refractivity contribution < 1.29 is 4.79 Å². The maximum atomic E-state index is 12.1. The molecule has 0 radical (unpaired) electrons. The number of hydrogen-bond acceptors (Lipinski definition) is 4. The van der Waals surface area contributed by atoms with Crippen molar-refractivity contribution in [2.45, 2.75) is 13.0 Å². The average Bonchev–Trinajstić information content (AvgIpc) is 2.42. The first-order chi connectivity index (χ1) is 9.08. The van der Waals surface area contributed by atoms with Crippen LogP contribution >= 0.6 is 11.6 Å². The van der Waals surface area contributed by atoms with Crippen molar-refractivity contribution in [1.29, 1.82) is 0 Å². The summed E-state index contributed by atoms with van der Waals surface area (Å²) < 4.78 is 0. The number of carbonyl (C=O) groups is 1. The number of nitrogens with zero attached hydrogens (tertiary/aromatic N) is 2. The van der Waals surface area contributed by atoms with Crippen molar-refractivity contribution in [2.24, 2.45) is 0 Å². The standard InChI is InChI=1S/C13H13ClN4O/c1-8(9-2-4-16-5-3-9)18-13(19)10-6-12(15)17-7-11(10)14/h2-8H,1H3,(H2,15,17)(H,18,19). The maximum absolute atomic E-state index is 12.1. The molecule has 1 amide bonds. The molecular weight excluding hydrogens is 264 g/mol. The maximum Gasteiger partial charge on any atom is 0.253 e. The number of anilines is 1. The van der Waals surface area contributed by atoms with Gasteiger partial charge in [-0.25, -0.2) is 4.98 Å². The van der Waals surface area contributed by atoms with Gasteiger partial charge in [0.2, 0.25) is 0 Å². The van der Waals surface area contributed by atoms with Crippen LogP contribution in [0.25, 0.3) is 0 Å². The lowest BCUT2D eigenvalue weighted by molar-refractivity contribution is 0.0940. The van der Waals surface area contributed by atoms with Gasteiger partial charge in [0.1, 0.15) is 5.82 Å². The van der Waals surface area contributed by atoms with Gasteiger partial charge in [-0.1, -0.05) is 11.6 Å². The first-order valence-corrected chi connectivity index (χ1v) is 6.07. The van der Waals surface area contributed by atoms with Crippen LogP contribution in [0.5, 0.6) is 0 Å². The molecule has 2 rings (SSSR count). The summed E-state index contributed by atoms with van der Waals surface area (Å²) in [6.45, 7) is 1.88. The van der Waals surface area contributed by atoms with Crippen LogP contribution in [0, 0.1) is 0 Å². The monoisotopic (exact) mass is 276 g/mol. The quantitative estimate of drug-likeness (QED) is 0.900. The molecule has 0 aliphatic rings. The Kier molecular flexibility index (Phi) is 3.97. The van der Waals surface area contributed by atoms with Crippen LogP contribution in [0.3, 0.4) is 0 Å². The van der Waals surface area contributed by atoms with E-state index in [0.717, 1.165) is 5.56 Å². The topological polar surface area (TPSA) is 80.9 Å². The molecule has 0 aromatic carbocycles. The van der Waals surface area contributed by atoms with E-state index in [1.807, 2.05) is 19.1 Å². The molecule has 1 unspecified atom stereocenters. The van der Waals surface area contributed by atoms with Crippen molar-refractivity contribution in [3.05, 3.63) is 52.9 Å². The van der Waals surface area contributed by atoms with Crippen LogP contribution < -0.4 is 11.1 Å². The van der Waals surface area contributed by atoms with Crippen LogP contribution in [0.1, 0.15) is 28.9 Å². The van der Waals surface area contributed by atoms with E-state index in [9.17, 15) is 4.79 Å². The summed E-state index contributed by atoms with van der Waals surface area (Å²) >= 11 is 5.93. The Morgan fingerprint density at radius 3 is 2.79 bits per heavy atom. The Morgan fingerprint density at radius 1 is 1.42 bits per heavy atom. The third kappa shape index (κ3) is 3.20. The number of carbonyl (C=O) groups excluding carboxylic acids is 1. The molecule has 6 heteroatoms. The second kappa shape index (κ2) is 5.67. The van der Waals surface area contributed by atoms with Gasteiger partial charge >= 0.3 is 0 Å². The lowest BCUT2D eigenvalue weighted by Crippen LogP contribution is -2.27. The van der Waals surface area contributed by atoms with Gasteiger partial charge in [-0.05, 0) is 30.7 Å². The molecule has 3 N–H and O–H groups in total. The molecule has 19 heavy (non-hydrogen) atoms. The largest absolute Gasteiger partial charge is 0.384 e. The van der Waals surface area contributed by atoms with Gasteiger partial charge in [0.25, 0.3) is 5.91 Å². The van der Waals surface area contributed by atoms with Crippen molar-refractivity contribution in [3.63, 3.8) is 0 Å². The van der Waals surface area contributed by atoms with Gasteiger partial charge in [-0.15, -0.1) is 0 Å². The number of aromatic nitrogens is 2. The summed E-state index contributed by atoms with van der Waals surface area (Å²) in [6, 6.07) is 4.98. The molecule has 0 saturated heterocycles. The first kappa shape index (κ1) is 13.3. The Balaban J connectivity index is 2.15. The predicted octanol–water partition coefficient (Wildman–Crippen LogP) is 2.20. The number of pyridine rings is 2. The van der Waals surface area contributed by atoms with E-state index in [1.54, 1.807) is 12.4 Å². The molecule has 0 aliphatic heterocycles. The van der Waals surface area contributed by atoms with Crippen LogP contribution in [0.2, 0.25) is 5.02 Å². The third-order valence-corrected chi connectivity index (χ3v) is 2.98. The minimum atomic E-state index is -0.289. The Hall–Kier alpha value is -2.14. The van der Waals surface area contributed by atoms with Crippen LogP contribution in [-0.2, 0) is 0 Å². The van der Waals surface area contributed by atoms with Crippen molar-refractivity contribution in [3.8, 4) is 0 Å². The molecule has 2 aromatic heterocycles. The Labute approximate surface area is 115 Å². The summed E-state index contributed by atoms with van der Waals surface area (Å²) in [4.78, 5) is 19.9. The summed E-state index contributed by atoms with van der Waals surface area (Å²) in [6.07, 6.45) is 4.72. The summed E-state index contributed by atoms with van der Waals surface area (Å²) in [5, 5.41) is 3.12. The van der Waals surface area contributed by atoms with E-state index in [0.29, 0.717) is 5.56 Å². The molecule has 0 spiro atoms. The van der Waals surface area contributed by atoms with Crippen molar-refractivity contribution in [2.75, 3.05) is 5.73 Å². The van der Waals surface area contributed by atoms with Crippen molar-refractivity contribution in [1.82, 2.24) is 15.3 Å². The number of nitrogen functional groups attached to an aromatic ring is 1. The Morgan fingerprint density at radius 2 is 2.11 bits per heavy atom. The number of halogens is 1. The summed E-state index contributed by atoms with van der Waals surface area (Å²) in [7, 11) is 0. The molecule has 1 atom stereocenters. The van der Waals surface area contributed by atoms with E-state index in [1.165, 1.54) is 12.3 Å². The Bertz CT molecular complexity index is 588. The molecular formula is C13H13ClN4O. The second-order valence-corrected chi connectivity index (χ2v) is 4.47. The molecule has 2 aromatic rings. The van der Waals surface area contributed by atoms with Crippen LogP contribution in [-0.4, -0.2) is 15.9 Å². The molecule has 0 aliphatic carbocycles. The number of nitrogens with two attached hydrogens (primary N) is 1. The zero-order valence-corrected chi connectivity index (χ0v) is 11.1. The fourth-order valence-corrected chi connectivity index (χ4v) is 1.83. The lowest BCUT2D eigenvalue weighted by Gasteiger charge is -2.14. The highest BCUT2D eigenvalue weighted by molar-refractivity contribution is 6.33. The van der Waals surface area contributed by atoms with Crippen LogP contribution in [0.4, 0.5) is 5.82 Å². The summed E-state index contributed by atoms with van der Waals surface area (Å²) in [5.74, 6) is -0.0328. The minimum Gasteiger partial charge on any atom is -0.384 e. The highest BCUT2D eigenvalue weighted by Gasteiger charge is 2.14. The van der Waals surface area contributed by atoms with Gasteiger partial charge in [-0.3, -0.25) is 9.78 Å². The van der Waals surface area contributed by atoms with Gasteiger partial charge < -0.3 is 11.1 Å². The number of nitrogens with one attached hydrogen (secondary N) is 1. The van der Waals surface area contributed by atoms with E-state index >= 15 is 0 Å². The minimum absolute atomic E-state index is 0.152.